The maximum atomic E-state index is 12.9. The summed E-state index contributed by atoms with van der Waals surface area (Å²) in [4.78, 5) is 17.4. The summed E-state index contributed by atoms with van der Waals surface area (Å²) in [5.41, 5.74) is 1.08. The predicted octanol–water partition coefficient (Wildman–Crippen LogP) is 5.58. The summed E-state index contributed by atoms with van der Waals surface area (Å²) in [5.74, 6) is 1.43. The summed E-state index contributed by atoms with van der Waals surface area (Å²) < 4.78 is 16.0. The van der Waals surface area contributed by atoms with E-state index in [9.17, 15) is 4.79 Å². The average Bonchev–Trinajstić information content (AvgIpc) is 3.23. The van der Waals surface area contributed by atoms with Crippen molar-refractivity contribution < 1.29 is 18.8 Å². The zero-order valence-electron chi connectivity index (χ0n) is 17.6. The molecule has 2 aromatic carbocycles. The fraction of sp³-hybridized carbons (Fsp3) is 0.318. The van der Waals surface area contributed by atoms with Crippen molar-refractivity contribution in [1.82, 2.24) is 15.5 Å². The van der Waals surface area contributed by atoms with Crippen LogP contribution in [0, 0.1) is 5.92 Å². The van der Waals surface area contributed by atoms with Crippen LogP contribution in [0.2, 0.25) is 10.0 Å². The molecule has 1 atom stereocenters. The van der Waals surface area contributed by atoms with Crippen LogP contribution in [0.1, 0.15) is 43.1 Å². The molecule has 1 amide bonds. The van der Waals surface area contributed by atoms with Gasteiger partial charge >= 0.3 is 0 Å². The van der Waals surface area contributed by atoms with Crippen LogP contribution in [0.3, 0.4) is 0 Å². The zero-order valence-corrected chi connectivity index (χ0v) is 19.1. The molecule has 0 unspecified atom stereocenters. The van der Waals surface area contributed by atoms with Crippen molar-refractivity contribution in [2.45, 2.75) is 26.8 Å². The van der Waals surface area contributed by atoms with E-state index in [2.05, 4.69) is 15.5 Å². The topological polar surface area (TPSA) is 86.5 Å². The second-order valence-corrected chi connectivity index (χ2v) is 7.90. The Hall–Kier alpha value is -2.77. The third kappa shape index (κ3) is 5.29. The third-order valence-electron chi connectivity index (χ3n) is 4.56. The van der Waals surface area contributed by atoms with Crippen molar-refractivity contribution in [3.63, 3.8) is 0 Å². The Morgan fingerprint density at radius 2 is 1.81 bits per heavy atom. The first-order valence-corrected chi connectivity index (χ1v) is 10.5. The first-order valence-electron chi connectivity index (χ1n) is 9.74. The van der Waals surface area contributed by atoms with Crippen molar-refractivity contribution in [3.8, 4) is 22.9 Å². The molecule has 0 fully saturated rings. The summed E-state index contributed by atoms with van der Waals surface area (Å²) in [6.07, 6.45) is 0. The number of ether oxygens (including phenoxy) is 2. The molecule has 0 aliphatic rings. The van der Waals surface area contributed by atoms with Gasteiger partial charge in [0.15, 0.2) is 5.75 Å². The van der Waals surface area contributed by atoms with Gasteiger partial charge in [0.1, 0.15) is 11.8 Å². The van der Waals surface area contributed by atoms with Crippen molar-refractivity contribution in [1.29, 1.82) is 0 Å². The highest BCUT2D eigenvalue weighted by atomic mass is 35.5. The fourth-order valence-electron chi connectivity index (χ4n) is 2.93. The molecule has 3 aromatic rings. The van der Waals surface area contributed by atoms with Crippen molar-refractivity contribution in [2.75, 3.05) is 13.7 Å². The van der Waals surface area contributed by atoms with Gasteiger partial charge in [0.2, 0.25) is 11.7 Å². The van der Waals surface area contributed by atoms with E-state index in [4.69, 9.17) is 37.2 Å². The molecule has 164 valence electrons. The Labute approximate surface area is 190 Å². The van der Waals surface area contributed by atoms with E-state index in [0.717, 1.165) is 11.3 Å². The zero-order chi connectivity index (χ0) is 22.5. The summed E-state index contributed by atoms with van der Waals surface area (Å²) in [6.45, 7) is 6.12. The van der Waals surface area contributed by atoms with E-state index in [-0.39, 0.29) is 21.9 Å². The van der Waals surface area contributed by atoms with Gasteiger partial charge in [-0.15, -0.1) is 0 Å². The van der Waals surface area contributed by atoms with Crippen molar-refractivity contribution in [3.05, 3.63) is 57.9 Å². The molecule has 7 nitrogen and oxygen atoms in total. The maximum Gasteiger partial charge on any atom is 0.252 e. The number of nitrogens with zero attached hydrogens (tertiary/aromatic N) is 2. The van der Waals surface area contributed by atoms with Gasteiger partial charge in [-0.25, -0.2) is 0 Å². The van der Waals surface area contributed by atoms with E-state index in [0.29, 0.717) is 29.6 Å². The van der Waals surface area contributed by atoms with E-state index >= 15 is 0 Å². The molecular formula is C22H23Cl2N3O4. The van der Waals surface area contributed by atoms with Crippen LogP contribution in [0.25, 0.3) is 11.4 Å². The van der Waals surface area contributed by atoms with Gasteiger partial charge in [0.05, 0.1) is 23.8 Å². The normalized spacial score (nSPS) is 12.0. The summed E-state index contributed by atoms with van der Waals surface area (Å²) in [6, 6.07) is 9.82. The van der Waals surface area contributed by atoms with Gasteiger partial charge in [-0.3, -0.25) is 4.79 Å². The van der Waals surface area contributed by atoms with Crippen LogP contribution in [0.4, 0.5) is 0 Å². The van der Waals surface area contributed by atoms with Crippen molar-refractivity contribution >= 4 is 29.1 Å². The quantitative estimate of drug-likeness (QED) is 0.469. The summed E-state index contributed by atoms with van der Waals surface area (Å²) in [7, 11) is 1.60. The van der Waals surface area contributed by atoms with Crippen LogP contribution in [0.5, 0.6) is 11.5 Å². The number of benzene rings is 2. The average molecular weight is 464 g/mol. The predicted molar refractivity (Wildman–Crippen MR) is 119 cm³/mol. The van der Waals surface area contributed by atoms with Crippen LogP contribution in [0.15, 0.2) is 40.9 Å². The Morgan fingerprint density at radius 1 is 1.16 bits per heavy atom. The summed E-state index contributed by atoms with van der Waals surface area (Å²) in [5, 5.41) is 7.50. The molecule has 1 heterocycles. The number of nitrogens with one attached hydrogen (secondary N) is 1. The lowest BCUT2D eigenvalue weighted by Gasteiger charge is -2.19. The molecule has 0 aliphatic carbocycles. The van der Waals surface area contributed by atoms with E-state index < -0.39 is 6.04 Å². The number of carbonyl (C=O) groups is 1. The number of aromatic nitrogens is 2. The molecule has 31 heavy (non-hydrogen) atoms. The van der Waals surface area contributed by atoms with Gasteiger partial charge in [-0.05, 0) is 49.2 Å². The molecule has 9 heteroatoms. The largest absolute Gasteiger partial charge is 0.497 e. The second kappa shape index (κ2) is 10.0. The lowest BCUT2D eigenvalue weighted by Crippen LogP contribution is -2.32. The first kappa shape index (κ1) is 22.9. The van der Waals surface area contributed by atoms with Crippen LogP contribution < -0.4 is 14.8 Å². The minimum atomic E-state index is -0.504. The highest BCUT2D eigenvalue weighted by Gasteiger charge is 2.26. The van der Waals surface area contributed by atoms with Crippen LogP contribution in [-0.2, 0) is 0 Å². The highest BCUT2D eigenvalue weighted by molar-refractivity contribution is 6.37. The molecule has 1 aromatic heterocycles. The monoisotopic (exact) mass is 463 g/mol. The van der Waals surface area contributed by atoms with Crippen LogP contribution in [-0.4, -0.2) is 29.8 Å². The summed E-state index contributed by atoms with van der Waals surface area (Å²) >= 11 is 12.5. The number of hydrogen-bond acceptors (Lipinski definition) is 6. The van der Waals surface area contributed by atoms with Crippen LogP contribution >= 0.6 is 23.2 Å². The molecule has 0 aliphatic heterocycles. The number of halogens is 2. The van der Waals surface area contributed by atoms with Crippen molar-refractivity contribution in [2.24, 2.45) is 5.92 Å². The number of carbonyl (C=O) groups excluding carboxylic acids is 1. The minimum absolute atomic E-state index is 0.0123. The van der Waals surface area contributed by atoms with E-state index in [1.165, 1.54) is 12.1 Å². The number of amides is 1. The van der Waals surface area contributed by atoms with Gasteiger partial charge in [0.25, 0.3) is 5.91 Å². The smallest absolute Gasteiger partial charge is 0.252 e. The van der Waals surface area contributed by atoms with Gasteiger partial charge in [-0.1, -0.05) is 42.2 Å². The maximum absolute atomic E-state index is 12.9. The SMILES string of the molecule is CCOc1c(Cl)cc(C(=O)N[C@@H](c2nc(-c3ccc(OC)cc3)no2)C(C)C)cc1Cl. The minimum Gasteiger partial charge on any atom is -0.497 e. The lowest BCUT2D eigenvalue weighted by atomic mass is 10.0. The Morgan fingerprint density at radius 3 is 2.35 bits per heavy atom. The second-order valence-electron chi connectivity index (χ2n) is 7.08. The highest BCUT2D eigenvalue weighted by Crippen LogP contribution is 2.34. The molecule has 0 radical (unpaired) electrons. The lowest BCUT2D eigenvalue weighted by molar-refractivity contribution is 0.0914. The molecule has 0 saturated carbocycles. The molecule has 1 N–H and O–H groups in total. The molecule has 3 rings (SSSR count). The number of rotatable bonds is 8. The Balaban J connectivity index is 1.82. The fourth-order valence-corrected chi connectivity index (χ4v) is 3.53. The number of hydrogen-bond donors (Lipinski definition) is 1. The van der Waals surface area contributed by atoms with E-state index in [1.807, 2.05) is 45.0 Å². The number of methoxy groups -OCH3 is 1. The van der Waals surface area contributed by atoms with E-state index in [1.54, 1.807) is 7.11 Å². The first-order chi connectivity index (χ1) is 14.8. The van der Waals surface area contributed by atoms with Gasteiger partial charge < -0.3 is 19.3 Å². The van der Waals surface area contributed by atoms with Gasteiger partial charge in [0, 0.05) is 11.1 Å². The molecule has 0 bridgehead atoms. The Kier molecular flexibility index (Phi) is 7.41. The third-order valence-corrected chi connectivity index (χ3v) is 5.12. The molecule has 0 spiro atoms. The van der Waals surface area contributed by atoms with Gasteiger partial charge in [-0.2, -0.15) is 4.98 Å². The molecule has 0 saturated heterocycles. The Bertz CT molecular complexity index is 1030. The molecular weight excluding hydrogens is 441 g/mol. The standard InChI is InChI=1S/C22H23Cl2N3O4/c1-5-30-19-16(23)10-14(11-17(19)24)21(28)25-18(12(2)3)22-26-20(27-31-22)13-6-8-15(29-4)9-7-13/h6-12,18H,5H2,1-4H3,(H,25,28)/t18-/m1/s1.